The molecule has 3 nitrogen and oxygen atoms in total. The van der Waals surface area contributed by atoms with E-state index in [2.05, 4.69) is 9.74 Å². The van der Waals surface area contributed by atoms with E-state index in [-0.39, 0.29) is 11.8 Å². The molecule has 2 rings (SSSR count). The summed E-state index contributed by atoms with van der Waals surface area (Å²) in [5, 5.41) is 9.48. The molecule has 0 aromatic heterocycles. The molecule has 0 unspecified atom stereocenters. The second-order valence-corrected chi connectivity index (χ2v) is 4.87. The van der Waals surface area contributed by atoms with Crippen molar-refractivity contribution in [1.29, 1.82) is 0 Å². The van der Waals surface area contributed by atoms with Gasteiger partial charge in [-0.15, -0.1) is 0 Å². The normalized spacial score (nSPS) is 28.5. The van der Waals surface area contributed by atoms with E-state index in [1.165, 1.54) is 19.3 Å². The Morgan fingerprint density at radius 1 is 1.13 bits per heavy atom. The summed E-state index contributed by atoms with van der Waals surface area (Å²) in [4.78, 5) is 6.25. The molecule has 1 saturated carbocycles. The lowest BCUT2D eigenvalue weighted by molar-refractivity contribution is 0.0183. The van der Waals surface area contributed by atoms with Crippen LogP contribution in [0.3, 0.4) is 0 Å². The third kappa shape index (κ3) is 2.16. The highest BCUT2D eigenvalue weighted by Gasteiger charge is 2.45. The predicted molar refractivity (Wildman–Crippen MR) is 59.2 cm³/mol. The van der Waals surface area contributed by atoms with Crippen molar-refractivity contribution in [2.24, 2.45) is 0 Å². The lowest BCUT2D eigenvalue weighted by Crippen LogP contribution is -2.51. The van der Waals surface area contributed by atoms with Gasteiger partial charge in [-0.25, -0.2) is 11.5 Å². The van der Waals surface area contributed by atoms with E-state index < -0.39 is 0 Å². The minimum atomic E-state index is -0.210. The third-order valence-corrected chi connectivity index (χ3v) is 3.92. The van der Waals surface area contributed by atoms with Crippen molar-refractivity contribution in [2.45, 2.75) is 56.7 Å². The van der Waals surface area contributed by atoms with Crippen molar-refractivity contribution in [1.82, 2.24) is 4.90 Å². The van der Waals surface area contributed by atoms with Crippen LogP contribution in [0.4, 0.5) is 0 Å². The molecule has 0 amide bonds. The van der Waals surface area contributed by atoms with Crippen LogP contribution in [0, 0.1) is 6.57 Å². The van der Waals surface area contributed by atoms with Crippen molar-refractivity contribution in [2.75, 3.05) is 13.1 Å². The van der Waals surface area contributed by atoms with Crippen LogP contribution in [0.2, 0.25) is 0 Å². The summed E-state index contributed by atoms with van der Waals surface area (Å²) >= 11 is 0. The van der Waals surface area contributed by atoms with Crippen LogP contribution in [0.25, 0.3) is 4.85 Å². The molecule has 1 saturated heterocycles. The summed E-state index contributed by atoms with van der Waals surface area (Å²) in [6.07, 6.45) is 7.30. The van der Waals surface area contributed by atoms with Gasteiger partial charge in [-0.3, -0.25) is 4.85 Å². The molecule has 1 aliphatic heterocycles. The molecule has 0 aromatic carbocycles. The second kappa shape index (κ2) is 4.51. The summed E-state index contributed by atoms with van der Waals surface area (Å²) in [7, 11) is 0. The van der Waals surface area contributed by atoms with E-state index in [1.54, 1.807) is 0 Å². The first-order chi connectivity index (χ1) is 7.27. The molecule has 1 aliphatic carbocycles. The van der Waals surface area contributed by atoms with Crippen LogP contribution >= 0.6 is 0 Å². The molecule has 2 fully saturated rings. The molecule has 15 heavy (non-hydrogen) atoms. The Kier molecular flexibility index (Phi) is 3.28. The Morgan fingerprint density at radius 3 is 2.27 bits per heavy atom. The second-order valence-electron chi connectivity index (χ2n) is 4.87. The highest BCUT2D eigenvalue weighted by Crippen LogP contribution is 2.36. The van der Waals surface area contributed by atoms with Crippen LogP contribution in [0.1, 0.15) is 44.9 Å². The van der Waals surface area contributed by atoms with Gasteiger partial charge in [0, 0.05) is 25.9 Å². The van der Waals surface area contributed by atoms with Gasteiger partial charge in [0.1, 0.15) is 0 Å². The summed E-state index contributed by atoms with van der Waals surface area (Å²) in [6, 6.07) is 0. The summed E-state index contributed by atoms with van der Waals surface area (Å²) in [5.41, 5.74) is -0.210. The van der Waals surface area contributed by atoms with Crippen LogP contribution in [-0.2, 0) is 0 Å². The Hall–Kier alpha value is -0.590. The molecule has 1 N–H and O–H groups in total. The molecule has 0 bridgehead atoms. The molecule has 3 heteroatoms. The monoisotopic (exact) mass is 208 g/mol. The maximum Gasteiger partial charge on any atom is 0.288 e. The highest BCUT2D eigenvalue weighted by molar-refractivity contribution is 5.01. The smallest absolute Gasteiger partial charge is 0.288 e. The summed E-state index contributed by atoms with van der Waals surface area (Å²) in [6.45, 7) is 9.27. The molecular weight excluding hydrogens is 188 g/mol. The van der Waals surface area contributed by atoms with Gasteiger partial charge in [0.05, 0.1) is 6.10 Å². The van der Waals surface area contributed by atoms with Crippen LogP contribution in [0.15, 0.2) is 0 Å². The highest BCUT2D eigenvalue weighted by atomic mass is 16.3. The third-order valence-electron chi connectivity index (χ3n) is 3.92. The van der Waals surface area contributed by atoms with E-state index in [0.29, 0.717) is 0 Å². The SMILES string of the molecule is [C-]#[N+]C1(N2CCC(O)CC2)CCCCC1. The molecule has 84 valence electrons. The minimum absolute atomic E-state index is 0.132. The van der Waals surface area contributed by atoms with E-state index in [9.17, 15) is 5.11 Å². The topological polar surface area (TPSA) is 27.8 Å². The van der Waals surface area contributed by atoms with Gasteiger partial charge in [0.25, 0.3) is 5.66 Å². The largest absolute Gasteiger partial charge is 0.393 e. The average Bonchev–Trinajstić information content (AvgIpc) is 2.31. The first kappa shape index (κ1) is 10.9. The number of piperidine rings is 1. The number of aliphatic hydroxyl groups is 1. The molecule has 0 spiro atoms. The van der Waals surface area contributed by atoms with Gasteiger partial charge in [-0.1, -0.05) is 6.42 Å². The zero-order chi connectivity index (χ0) is 10.7. The number of aliphatic hydroxyl groups excluding tert-OH is 1. The molecule has 0 radical (unpaired) electrons. The molecular formula is C12H20N2O. The van der Waals surface area contributed by atoms with E-state index in [1.807, 2.05) is 0 Å². The van der Waals surface area contributed by atoms with Gasteiger partial charge in [-0.2, -0.15) is 0 Å². The van der Waals surface area contributed by atoms with Crippen LogP contribution in [-0.4, -0.2) is 34.9 Å². The number of nitrogens with zero attached hydrogens (tertiary/aromatic N) is 2. The number of likely N-dealkylation sites (tertiary alicyclic amines) is 1. The Bertz CT molecular complexity index is 245. The molecule has 0 aromatic rings. The quantitative estimate of drug-likeness (QED) is 0.668. The summed E-state index contributed by atoms with van der Waals surface area (Å²) < 4.78 is 0. The van der Waals surface area contributed by atoms with Gasteiger partial charge in [0.2, 0.25) is 0 Å². The predicted octanol–water partition coefficient (Wildman–Crippen LogP) is 2.02. The van der Waals surface area contributed by atoms with Gasteiger partial charge in [-0.05, 0) is 25.7 Å². The lowest BCUT2D eigenvalue weighted by atomic mass is 9.86. The Balaban J connectivity index is 2.03. The number of rotatable bonds is 1. The standard InChI is InChI=1S/C12H20N2O/c1-13-12(7-3-2-4-8-12)14-9-5-11(15)6-10-14/h11,15H,2-10H2. The summed E-state index contributed by atoms with van der Waals surface area (Å²) in [5.74, 6) is 0. The van der Waals surface area contributed by atoms with Crippen molar-refractivity contribution in [3.63, 3.8) is 0 Å². The van der Waals surface area contributed by atoms with Crippen molar-refractivity contribution >= 4 is 0 Å². The average molecular weight is 208 g/mol. The van der Waals surface area contributed by atoms with Crippen molar-refractivity contribution in [3.05, 3.63) is 11.4 Å². The molecule has 0 atom stereocenters. The van der Waals surface area contributed by atoms with Crippen LogP contribution < -0.4 is 0 Å². The maximum absolute atomic E-state index is 9.48. The van der Waals surface area contributed by atoms with E-state index >= 15 is 0 Å². The first-order valence-corrected chi connectivity index (χ1v) is 6.09. The Labute approximate surface area is 91.9 Å². The van der Waals surface area contributed by atoms with Crippen LogP contribution in [0.5, 0.6) is 0 Å². The fourth-order valence-corrected chi connectivity index (χ4v) is 2.90. The van der Waals surface area contributed by atoms with Crippen molar-refractivity contribution < 1.29 is 5.11 Å². The lowest BCUT2D eigenvalue weighted by Gasteiger charge is -2.39. The van der Waals surface area contributed by atoms with Gasteiger partial charge >= 0.3 is 0 Å². The zero-order valence-corrected chi connectivity index (χ0v) is 9.28. The Morgan fingerprint density at radius 2 is 1.73 bits per heavy atom. The fourth-order valence-electron chi connectivity index (χ4n) is 2.90. The van der Waals surface area contributed by atoms with Crippen molar-refractivity contribution in [3.8, 4) is 0 Å². The minimum Gasteiger partial charge on any atom is -0.393 e. The fraction of sp³-hybridized carbons (Fsp3) is 0.917. The number of hydrogen-bond donors (Lipinski definition) is 1. The van der Waals surface area contributed by atoms with E-state index in [4.69, 9.17) is 6.57 Å². The first-order valence-electron chi connectivity index (χ1n) is 6.09. The zero-order valence-electron chi connectivity index (χ0n) is 9.28. The maximum atomic E-state index is 9.48. The number of hydrogen-bond acceptors (Lipinski definition) is 2. The van der Waals surface area contributed by atoms with E-state index in [0.717, 1.165) is 38.8 Å². The molecule has 2 aliphatic rings. The van der Waals surface area contributed by atoms with Gasteiger partial charge < -0.3 is 5.11 Å². The molecule has 1 heterocycles. The van der Waals surface area contributed by atoms with Gasteiger partial charge in [0.15, 0.2) is 0 Å².